The van der Waals surface area contributed by atoms with Gasteiger partial charge >= 0.3 is 0 Å². The molecular weight excluding hydrogens is 350 g/mol. The van der Waals surface area contributed by atoms with Crippen molar-refractivity contribution >= 4 is 29.1 Å². The van der Waals surface area contributed by atoms with Crippen molar-refractivity contribution in [3.63, 3.8) is 0 Å². The minimum Gasteiger partial charge on any atom is -0.507 e. The van der Waals surface area contributed by atoms with Crippen LogP contribution in [-0.2, 0) is 10.8 Å². The number of thioether (sulfide) groups is 1. The van der Waals surface area contributed by atoms with Crippen molar-refractivity contribution in [1.82, 2.24) is 0 Å². The van der Waals surface area contributed by atoms with Crippen LogP contribution in [0.4, 0.5) is 5.69 Å². The SMILES string of the molecule is CC(C)(C)c1cc(C2Nc3cc(Cl)ccc3S2)c(O)c(C(C)(C)C)c1. The van der Waals surface area contributed by atoms with E-state index in [9.17, 15) is 5.11 Å². The normalized spacial score (nSPS) is 17.3. The Bertz CT molecular complexity index is 818. The lowest BCUT2D eigenvalue weighted by molar-refractivity contribution is 0.438. The molecule has 1 atom stereocenters. The Kier molecular flexibility index (Phi) is 4.53. The van der Waals surface area contributed by atoms with E-state index < -0.39 is 0 Å². The molecule has 2 aromatic rings. The van der Waals surface area contributed by atoms with Gasteiger partial charge in [0, 0.05) is 15.5 Å². The Morgan fingerprint density at radius 2 is 1.68 bits per heavy atom. The molecule has 1 heterocycles. The van der Waals surface area contributed by atoms with Crippen molar-refractivity contribution in [2.24, 2.45) is 0 Å². The monoisotopic (exact) mass is 375 g/mol. The molecular formula is C21H26ClNOS. The molecule has 1 aliphatic rings. The van der Waals surface area contributed by atoms with Crippen LogP contribution < -0.4 is 5.32 Å². The molecule has 1 unspecified atom stereocenters. The van der Waals surface area contributed by atoms with Crippen LogP contribution in [0.1, 0.15) is 63.6 Å². The van der Waals surface area contributed by atoms with Crippen LogP contribution in [0, 0.1) is 0 Å². The van der Waals surface area contributed by atoms with E-state index in [4.69, 9.17) is 11.6 Å². The number of hydrogen-bond acceptors (Lipinski definition) is 3. The maximum absolute atomic E-state index is 11.0. The first-order valence-electron chi connectivity index (χ1n) is 8.57. The van der Waals surface area contributed by atoms with Gasteiger partial charge in [-0.05, 0) is 46.2 Å². The summed E-state index contributed by atoms with van der Waals surface area (Å²) >= 11 is 7.84. The summed E-state index contributed by atoms with van der Waals surface area (Å²) in [5, 5.41) is 15.2. The fourth-order valence-corrected chi connectivity index (χ4v) is 4.33. The molecule has 0 fully saturated rings. The third-order valence-corrected chi connectivity index (χ3v) is 6.02. The van der Waals surface area contributed by atoms with Crippen LogP contribution in [0.25, 0.3) is 0 Å². The maximum Gasteiger partial charge on any atom is 0.125 e. The molecule has 2 nitrogen and oxygen atoms in total. The van der Waals surface area contributed by atoms with Crippen LogP contribution in [0.2, 0.25) is 5.02 Å². The fraction of sp³-hybridized carbons (Fsp3) is 0.429. The Balaban J connectivity index is 2.10. The van der Waals surface area contributed by atoms with Crippen LogP contribution in [0.3, 0.4) is 0 Å². The second kappa shape index (κ2) is 6.14. The Morgan fingerprint density at radius 3 is 2.28 bits per heavy atom. The summed E-state index contributed by atoms with van der Waals surface area (Å²) in [5.41, 5.74) is 4.09. The van der Waals surface area contributed by atoms with Gasteiger partial charge in [0.2, 0.25) is 0 Å². The van der Waals surface area contributed by atoms with Gasteiger partial charge < -0.3 is 10.4 Å². The lowest BCUT2D eigenvalue weighted by Crippen LogP contribution is -2.18. The molecule has 2 aromatic carbocycles. The number of rotatable bonds is 1. The van der Waals surface area contributed by atoms with Gasteiger partial charge in [-0.15, -0.1) is 0 Å². The molecule has 1 aliphatic heterocycles. The highest BCUT2D eigenvalue weighted by atomic mass is 35.5. The van der Waals surface area contributed by atoms with Crippen molar-refractivity contribution in [2.75, 3.05) is 5.32 Å². The van der Waals surface area contributed by atoms with E-state index in [1.165, 1.54) is 5.56 Å². The summed E-state index contributed by atoms with van der Waals surface area (Å²) in [5.74, 6) is 0.393. The van der Waals surface area contributed by atoms with E-state index in [0.717, 1.165) is 26.7 Å². The third kappa shape index (κ3) is 3.63. The Morgan fingerprint density at radius 1 is 1.00 bits per heavy atom. The molecule has 0 saturated heterocycles. The minimum absolute atomic E-state index is 0.0158. The highest BCUT2D eigenvalue weighted by Gasteiger charge is 2.31. The number of fused-ring (bicyclic) bond motifs is 1. The quantitative estimate of drug-likeness (QED) is 0.571. The van der Waals surface area contributed by atoms with Crippen molar-refractivity contribution < 1.29 is 5.11 Å². The van der Waals surface area contributed by atoms with E-state index in [0.29, 0.717) is 5.75 Å². The topological polar surface area (TPSA) is 32.3 Å². The number of halogens is 1. The molecule has 4 heteroatoms. The molecule has 0 bridgehead atoms. The molecule has 0 amide bonds. The van der Waals surface area contributed by atoms with Crippen LogP contribution in [0.15, 0.2) is 35.2 Å². The molecule has 2 N–H and O–H groups in total. The summed E-state index contributed by atoms with van der Waals surface area (Å²) in [4.78, 5) is 1.16. The average Bonchev–Trinajstić information content (AvgIpc) is 2.87. The number of anilines is 1. The van der Waals surface area contributed by atoms with E-state index in [1.54, 1.807) is 11.8 Å². The van der Waals surface area contributed by atoms with Gasteiger partial charge in [0.15, 0.2) is 0 Å². The number of phenolic OH excluding ortho intramolecular Hbond substituents is 1. The van der Waals surface area contributed by atoms with E-state index >= 15 is 0 Å². The van der Waals surface area contributed by atoms with Crippen molar-refractivity contribution in [3.8, 4) is 5.75 Å². The minimum atomic E-state index is -0.125. The van der Waals surface area contributed by atoms with Crippen molar-refractivity contribution in [3.05, 3.63) is 52.0 Å². The van der Waals surface area contributed by atoms with Gasteiger partial charge in [0.25, 0.3) is 0 Å². The zero-order chi connectivity index (χ0) is 18.6. The van der Waals surface area contributed by atoms with Gasteiger partial charge in [0.05, 0.1) is 5.69 Å². The molecule has 0 saturated carbocycles. The summed E-state index contributed by atoms with van der Waals surface area (Å²) in [6, 6.07) is 10.2. The largest absolute Gasteiger partial charge is 0.507 e. The second-order valence-corrected chi connectivity index (χ2v) is 10.3. The summed E-state index contributed by atoms with van der Waals surface area (Å²) in [6.45, 7) is 13.0. The van der Waals surface area contributed by atoms with Crippen LogP contribution in [-0.4, -0.2) is 5.11 Å². The van der Waals surface area contributed by atoms with Crippen molar-refractivity contribution in [2.45, 2.75) is 62.6 Å². The molecule has 0 radical (unpaired) electrons. The van der Waals surface area contributed by atoms with Gasteiger partial charge in [-0.25, -0.2) is 0 Å². The zero-order valence-electron chi connectivity index (χ0n) is 15.7. The standard InChI is InChI=1S/C21H26ClNOS/c1-20(2,3)12-9-14(18(24)15(10-12)21(4,5)6)19-23-16-11-13(22)7-8-17(16)25-19/h7-11,19,23-24H,1-6H3. The van der Waals surface area contributed by atoms with Gasteiger partial charge in [-0.3, -0.25) is 0 Å². The fourth-order valence-electron chi connectivity index (χ4n) is 3.02. The highest BCUT2D eigenvalue weighted by Crippen LogP contribution is 2.51. The lowest BCUT2D eigenvalue weighted by atomic mass is 9.79. The molecule has 3 rings (SSSR count). The number of benzene rings is 2. The van der Waals surface area contributed by atoms with Gasteiger partial charge in [0.1, 0.15) is 11.1 Å². The predicted octanol–water partition coefficient (Wildman–Crippen LogP) is 6.86. The van der Waals surface area contributed by atoms with E-state index in [1.807, 2.05) is 18.2 Å². The van der Waals surface area contributed by atoms with Crippen LogP contribution >= 0.6 is 23.4 Å². The van der Waals surface area contributed by atoms with E-state index in [-0.39, 0.29) is 16.2 Å². The van der Waals surface area contributed by atoms with Crippen molar-refractivity contribution in [1.29, 1.82) is 0 Å². The number of hydrogen-bond donors (Lipinski definition) is 2. The number of aromatic hydroxyl groups is 1. The van der Waals surface area contributed by atoms with Crippen LogP contribution in [0.5, 0.6) is 5.75 Å². The van der Waals surface area contributed by atoms with Gasteiger partial charge in [-0.2, -0.15) is 0 Å². The number of nitrogens with one attached hydrogen (secondary N) is 1. The first-order chi connectivity index (χ1) is 11.5. The summed E-state index contributed by atoms with van der Waals surface area (Å²) in [6.07, 6.45) is 0. The molecule has 0 aromatic heterocycles. The Hall–Kier alpha value is -1.32. The molecule has 134 valence electrons. The molecule has 25 heavy (non-hydrogen) atoms. The van der Waals surface area contributed by atoms with E-state index in [2.05, 4.69) is 59.0 Å². The summed E-state index contributed by atoms with van der Waals surface area (Å²) in [7, 11) is 0. The lowest BCUT2D eigenvalue weighted by Gasteiger charge is -2.28. The summed E-state index contributed by atoms with van der Waals surface area (Å²) < 4.78 is 0. The molecule has 0 aliphatic carbocycles. The second-order valence-electron chi connectivity index (χ2n) is 8.74. The van der Waals surface area contributed by atoms with Gasteiger partial charge in [-0.1, -0.05) is 71.0 Å². The first-order valence-corrected chi connectivity index (χ1v) is 9.83. The smallest absolute Gasteiger partial charge is 0.125 e. The molecule has 0 spiro atoms. The zero-order valence-corrected chi connectivity index (χ0v) is 17.3. The third-order valence-electron chi connectivity index (χ3n) is 4.57. The maximum atomic E-state index is 11.0. The highest BCUT2D eigenvalue weighted by molar-refractivity contribution is 8.00. The number of phenols is 1. The first kappa shape index (κ1) is 18.5. The predicted molar refractivity (Wildman–Crippen MR) is 109 cm³/mol. The average molecular weight is 376 g/mol. The Labute approximate surface area is 160 Å².